The molecule has 1 N–H and O–H groups in total. The zero-order valence-corrected chi connectivity index (χ0v) is 8.95. The average Bonchev–Trinajstić information content (AvgIpc) is 2.57. The molecule has 1 heterocycles. The molecule has 1 aromatic carbocycles. The molecule has 0 radical (unpaired) electrons. The summed E-state index contributed by atoms with van der Waals surface area (Å²) < 4.78 is 26.1. The maximum absolute atomic E-state index is 13.1. The van der Waals surface area contributed by atoms with E-state index >= 15 is 0 Å². The molecule has 1 aromatic heterocycles. The predicted octanol–water partition coefficient (Wildman–Crippen LogP) is 3.17. The van der Waals surface area contributed by atoms with Gasteiger partial charge in [-0.1, -0.05) is 6.92 Å². The summed E-state index contributed by atoms with van der Waals surface area (Å²) in [6, 6.07) is 1.11. The number of imidazole rings is 1. The maximum Gasteiger partial charge on any atom is 0.175 e. The highest BCUT2D eigenvalue weighted by Crippen LogP contribution is 2.27. The van der Waals surface area contributed by atoms with Crippen LogP contribution in [0.5, 0.6) is 0 Å². The summed E-state index contributed by atoms with van der Waals surface area (Å²) in [5.41, 5.74) is 0.938. The number of rotatable bonds is 1. The summed E-state index contributed by atoms with van der Waals surface area (Å²) in [6.45, 7) is 1.92. The van der Waals surface area contributed by atoms with Gasteiger partial charge in [0.25, 0.3) is 0 Å². The summed E-state index contributed by atoms with van der Waals surface area (Å²) >= 11 is 2.98. The van der Waals surface area contributed by atoms with Crippen molar-refractivity contribution < 1.29 is 8.78 Å². The SMILES string of the molecule is CCc1nc2c(Br)c(F)c(F)cc2[nH]1. The van der Waals surface area contributed by atoms with Gasteiger partial charge < -0.3 is 4.98 Å². The van der Waals surface area contributed by atoms with Crippen LogP contribution in [0.1, 0.15) is 12.7 Å². The molecule has 0 aliphatic heterocycles. The Morgan fingerprint density at radius 2 is 2.21 bits per heavy atom. The number of aryl methyl sites for hydroxylation is 1. The van der Waals surface area contributed by atoms with E-state index in [1.54, 1.807) is 0 Å². The average molecular weight is 261 g/mol. The molecule has 0 bridgehead atoms. The highest BCUT2D eigenvalue weighted by atomic mass is 79.9. The van der Waals surface area contributed by atoms with Gasteiger partial charge in [-0.25, -0.2) is 13.8 Å². The molecular weight excluding hydrogens is 254 g/mol. The number of H-pyrrole nitrogens is 1. The number of hydrogen-bond donors (Lipinski definition) is 1. The monoisotopic (exact) mass is 260 g/mol. The van der Waals surface area contributed by atoms with Crippen molar-refractivity contribution in [3.8, 4) is 0 Å². The Hall–Kier alpha value is -0.970. The Bertz CT molecular complexity index is 493. The van der Waals surface area contributed by atoms with Gasteiger partial charge in [0.05, 0.1) is 9.99 Å². The second-order valence-corrected chi connectivity index (χ2v) is 3.71. The molecule has 0 atom stereocenters. The molecule has 2 aromatic rings. The lowest BCUT2D eigenvalue weighted by Crippen LogP contribution is -1.86. The lowest BCUT2D eigenvalue weighted by Gasteiger charge is -1.96. The van der Waals surface area contributed by atoms with Crippen LogP contribution in [0.25, 0.3) is 11.0 Å². The topological polar surface area (TPSA) is 28.7 Å². The highest BCUT2D eigenvalue weighted by molar-refractivity contribution is 9.10. The fourth-order valence-corrected chi connectivity index (χ4v) is 1.77. The molecule has 0 aliphatic rings. The number of fused-ring (bicyclic) bond motifs is 1. The van der Waals surface area contributed by atoms with Gasteiger partial charge in [0.15, 0.2) is 11.6 Å². The maximum atomic E-state index is 13.1. The van der Waals surface area contributed by atoms with Crippen molar-refractivity contribution in [2.75, 3.05) is 0 Å². The Morgan fingerprint density at radius 3 is 2.86 bits per heavy atom. The minimum atomic E-state index is -0.897. The van der Waals surface area contributed by atoms with Gasteiger partial charge in [0, 0.05) is 12.5 Å². The Balaban J connectivity index is 2.81. The first-order chi connectivity index (χ1) is 6.63. The normalized spacial score (nSPS) is 11.1. The molecule has 0 aliphatic carbocycles. The van der Waals surface area contributed by atoms with Gasteiger partial charge in [-0.05, 0) is 15.9 Å². The molecule has 0 amide bonds. The van der Waals surface area contributed by atoms with Crippen molar-refractivity contribution in [2.24, 2.45) is 0 Å². The highest BCUT2D eigenvalue weighted by Gasteiger charge is 2.14. The number of nitrogens with one attached hydrogen (secondary N) is 1. The molecule has 0 saturated heterocycles. The van der Waals surface area contributed by atoms with E-state index < -0.39 is 11.6 Å². The first-order valence-corrected chi connectivity index (χ1v) is 4.95. The molecule has 2 rings (SSSR count). The number of hydrogen-bond acceptors (Lipinski definition) is 1. The van der Waals surface area contributed by atoms with Crippen molar-refractivity contribution in [3.63, 3.8) is 0 Å². The molecule has 74 valence electrons. The van der Waals surface area contributed by atoms with E-state index in [4.69, 9.17) is 0 Å². The fourth-order valence-electron chi connectivity index (χ4n) is 1.28. The Labute approximate surface area is 87.5 Å². The van der Waals surface area contributed by atoms with Gasteiger partial charge in [-0.3, -0.25) is 0 Å². The first-order valence-electron chi connectivity index (χ1n) is 4.15. The van der Waals surface area contributed by atoms with Crippen LogP contribution in [0, 0.1) is 11.6 Å². The first kappa shape index (κ1) is 9.58. The standard InChI is InChI=1S/C9H7BrF2N2/c1-2-6-13-5-3-4(11)8(12)7(10)9(5)14-6/h3H,2H2,1H3,(H,13,14). The minimum Gasteiger partial charge on any atom is -0.342 e. The fraction of sp³-hybridized carbons (Fsp3) is 0.222. The predicted molar refractivity (Wildman–Crippen MR) is 53.1 cm³/mol. The van der Waals surface area contributed by atoms with Gasteiger partial charge >= 0.3 is 0 Å². The van der Waals surface area contributed by atoms with E-state index in [1.807, 2.05) is 6.92 Å². The largest absolute Gasteiger partial charge is 0.342 e. The molecule has 14 heavy (non-hydrogen) atoms. The molecule has 2 nitrogen and oxygen atoms in total. The molecule has 5 heteroatoms. The number of benzene rings is 1. The van der Waals surface area contributed by atoms with E-state index in [1.165, 1.54) is 0 Å². The third-order valence-corrected chi connectivity index (χ3v) is 2.72. The lowest BCUT2D eigenvalue weighted by molar-refractivity contribution is 0.506. The molecular formula is C9H7BrF2N2. The molecule has 0 fully saturated rings. The second kappa shape index (κ2) is 3.31. The molecule has 0 saturated carbocycles. The van der Waals surface area contributed by atoms with Crippen LogP contribution in [0.2, 0.25) is 0 Å². The Morgan fingerprint density at radius 1 is 1.50 bits per heavy atom. The number of aromatic amines is 1. The van der Waals surface area contributed by atoms with Crippen molar-refractivity contribution in [2.45, 2.75) is 13.3 Å². The third-order valence-electron chi connectivity index (χ3n) is 2.00. The summed E-state index contributed by atoms with van der Waals surface area (Å²) in [5.74, 6) is -1.06. The summed E-state index contributed by atoms with van der Waals surface area (Å²) in [5, 5.41) is 0. The quantitative estimate of drug-likeness (QED) is 0.785. The van der Waals surface area contributed by atoms with Crippen LogP contribution in [-0.2, 0) is 6.42 Å². The zero-order chi connectivity index (χ0) is 10.3. The molecule has 0 unspecified atom stereocenters. The molecule has 0 spiro atoms. The van der Waals surface area contributed by atoms with Crippen molar-refractivity contribution in [1.29, 1.82) is 0 Å². The summed E-state index contributed by atoms with van der Waals surface area (Å²) in [4.78, 5) is 7.03. The van der Waals surface area contributed by atoms with Gasteiger partial charge in [0.1, 0.15) is 11.3 Å². The number of halogens is 3. The third kappa shape index (κ3) is 1.32. The number of nitrogens with zero attached hydrogens (tertiary/aromatic N) is 1. The van der Waals surface area contributed by atoms with E-state index in [9.17, 15) is 8.78 Å². The van der Waals surface area contributed by atoms with Gasteiger partial charge in [-0.2, -0.15) is 0 Å². The van der Waals surface area contributed by atoms with E-state index in [0.717, 1.165) is 6.07 Å². The van der Waals surface area contributed by atoms with E-state index in [0.29, 0.717) is 23.3 Å². The van der Waals surface area contributed by atoms with Crippen LogP contribution in [0.3, 0.4) is 0 Å². The Kier molecular flexibility index (Phi) is 2.26. The van der Waals surface area contributed by atoms with Crippen LogP contribution < -0.4 is 0 Å². The van der Waals surface area contributed by atoms with Gasteiger partial charge in [-0.15, -0.1) is 0 Å². The number of aromatic nitrogens is 2. The van der Waals surface area contributed by atoms with Crippen molar-refractivity contribution >= 4 is 27.0 Å². The van der Waals surface area contributed by atoms with Crippen LogP contribution in [0.15, 0.2) is 10.5 Å². The van der Waals surface area contributed by atoms with E-state index in [-0.39, 0.29) is 4.47 Å². The van der Waals surface area contributed by atoms with E-state index in [2.05, 4.69) is 25.9 Å². The smallest absolute Gasteiger partial charge is 0.175 e. The van der Waals surface area contributed by atoms with Crippen molar-refractivity contribution in [1.82, 2.24) is 9.97 Å². The summed E-state index contributed by atoms with van der Waals surface area (Å²) in [6.07, 6.45) is 0.699. The second-order valence-electron chi connectivity index (χ2n) is 2.92. The zero-order valence-electron chi connectivity index (χ0n) is 7.37. The van der Waals surface area contributed by atoms with Crippen LogP contribution in [-0.4, -0.2) is 9.97 Å². The summed E-state index contributed by atoms with van der Waals surface area (Å²) in [7, 11) is 0. The van der Waals surface area contributed by atoms with Crippen LogP contribution in [0.4, 0.5) is 8.78 Å². The minimum absolute atomic E-state index is 0.0726. The lowest BCUT2D eigenvalue weighted by atomic mass is 10.3. The van der Waals surface area contributed by atoms with Crippen LogP contribution >= 0.6 is 15.9 Å². The van der Waals surface area contributed by atoms with Crippen molar-refractivity contribution in [3.05, 3.63) is 28.0 Å². The van der Waals surface area contributed by atoms with Gasteiger partial charge in [0.2, 0.25) is 0 Å².